The van der Waals surface area contributed by atoms with Crippen LogP contribution in [-0.2, 0) is 14.3 Å². The number of fused-ring (bicyclic) bond motifs is 1. The van der Waals surface area contributed by atoms with Crippen LogP contribution in [-0.4, -0.2) is 39.6 Å². The molecule has 0 bridgehead atoms. The number of imidazole rings is 1. The highest BCUT2D eigenvalue weighted by atomic mass is 16.6. The SMILES string of the molecule is CC(C)(C)OC(=O)NCC#Cc1ccc2c(c1)ncn2C1CCC(=O)NC1=O. The van der Waals surface area contributed by atoms with E-state index in [2.05, 4.69) is 27.5 Å². The summed E-state index contributed by atoms with van der Waals surface area (Å²) in [6, 6.07) is 5.04. The molecule has 0 radical (unpaired) electrons. The van der Waals surface area contributed by atoms with Gasteiger partial charge in [-0.3, -0.25) is 14.9 Å². The van der Waals surface area contributed by atoms with Crippen molar-refractivity contribution in [2.75, 3.05) is 6.54 Å². The fourth-order valence-electron chi connectivity index (χ4n) is 2.88. The van der Waals surface area contributed by atoms with Crippen LogP contribution in [0, 0.1) is 11.8 Å². The second-order valence-corrected chi connectivity index (χ2v) is 7.48. The van der Waals surface area contributed by atoms with Crippen molar-refractivity contribution in [3.05, 3.63) is 30.1 Å². The first-order chi connectivity index (χ1) is 13.2. The molecule has 1 aromatic heterocycles. The number of nitrogens with zero attached hydrogens (tertiary/aromatic N) is 2. The second kappa shape index (κ2) is 7.72. The van der Waals surface area contributed by atoms with Crippen molar-refractivity contribution in [1.82, 2.24) is 20.2 Å². The van der Waals surface area contributed by atoms with Gasteiger partial charge in [0.2, 0.25) is 11.8 Å². The molecular formula is C20H22N4O4. The number of aromatic nitrogens is 2. The molecule has 2 N–H and O–H groups in total. The molecule has 3 amide bonds. The number of imide groups is 1. The zero-order chi connectivity index (χ0) is 20.3. The van der Waals surface area contributed by atoms with Gasteiger partial charge < -0.3 is 14.6 Å². The summed E-state index contributed by atoms with van der Waals surface area (Å²) >= 11 is 0. The van der Waals surface area contributed by atoms with Crippen molar-refractivity contribution in [2.24, 2.45) is 0 Å². The zero-order valence-electron chi connectivity index (χ0n) is 16.0. The molecule has 2 heterocycles. The normalized spacial score (nSPS) is 16.9. The van der Waals surface area contributed by atoms with Gasteiger partial charge in [-0.25, -0.2) is 9.78 Å². The summed E-state index contributed by atoms with van der Waals surface area (Å²) in [6.45, 7) is 5.54. The van der Waals surface area contributed by atoms with E-state index in [0.717, 1.165) is 11.1 Å². The molecule has 1 saturated heterocycles. The average Bonchev–Trinajstić information content (AvgIpc) is 3.00. The van der Waals surface area contributed by atoms with Crippen LogP contribution in [0.1, 0.15) is 45.2 Å². The van der Waals surface area contributed by atoms with E-state index in [1.165, 1.54) is 0 Å². The molecule has 146 valence electrons. The molecule has 1 aromatic carbocycles. The van der Waals surface area contributed by atoms with E-state index in [1.807, 2.05) is 18.2 Å². The molecule has 3 rings (SSSR count). The number of hydrogen-bond acceptors (Lipinski definition) is 5. The first-order valence-electron chi connectivity index (χ1n) is 8.99. The predicted octanol–water partition coefficient (Wildman–Crippen LogP) is 1.89. The van der Waals surface area contributed by atoms with Crippen LogP contribution in [0.5, 0.6) is 0 Å². The fraction of sp³-hybridized carbons (Fsp3) is 0.400. The van der Waals surface area contributed by atoms with Crippen LogP contribution in [0.4, 0.5) is 4.79 Å². The van der Waals surface area contributed by atoms with Gasteiger partial charge in [0.25, 0.3) is 0 Å². The highest BCUT2D eigenvalue weighted by Gasteiger charge is 2.28. The Labute approximate surface area is 162 Å². The van der Waals surface area contributed by atoms with Crippen molar-refractivity contribution in [3.8, 4) is 11.8 Å². The third-order valence-electron chi connectivity index (χ3n) is 4.07. The van der Waals surface area contributed by atoms with Gasteiger partial charge in [0.1, 0.15) is 11.6 Å². The highest BCUT2D eigenvalue weighted by Crippen LogP contribution is 2.24. The molecule has 0 saturated carbocycles. The maximum Gasteiger partial charge on any atom is 0.408 e. The van der Waals surface area contributed by atoms with Gasteiger partial charge in [0, 0.05) is 12.0 Å². The first kappa shape index (κ1) is 19.4. The maximum atomic E-state index is 12.1. The average molecular weight is 382 g/mol. The van der Waals surface area contributed by atoms with Crippen LogP contribution in [0.2, 0.25) is 0 Å². The molecule has 1 atom stereocenters. The molecule has 8 nitrogen and oxygen atoms in total. The molecule has 1 aliphatic heterocycles. The Morgan fingerprint density at radius 2 is 2.18 bits per heavy atom. The molecule has 1 aliphatic rings. The topological polar surface area (TPSA) is 102 Å². The number of ether oxygens (including phenoxy) is 1. The van der Waals surface area contributed by atoms with Crippen LogP contribution in [0.3, 0.4) is 0 Å². The molecule has 2 aromatic rings. The molecular weight excluding hydrogens is 360 g/mol. The number of nitrogens with one attached hydrogen (secondary N) is 2. The zero-order valence-corrected chi connectivity index (χ0v) is 16.0. The van der Waals surface area contributed by atoms with Crippen LogP contribution in [0.25, 0.3) is 11.0 Å². The van der Waals surface area contributed by atoms with E-state index >= 15 is 0 Å². The van der Waals surface area contributed by atoms with E-state index in [4.69, 9.17) is 4.74 Å². The van der Waals surface area contributed by atoms with Gasteiger partial charge >= 0.3 is 6.09 Å². The predicted molar refractivity (Wildman–Crippen MR) is 102 cm³/mol. The summed E-state index contributed by atoms with van der Waals surface area (Å²) in [4.78, 5) is 39.3. The lowest BCUT2D eigenvalue weighted by molar-refractivity contribution is -0.135. The van der Waals surface area contributed by atoms with Crippen molar-refractivity contribution >= 4 is 28.9 Å². The quantitative estimate of drug-likeness (QED) is 0.610. The number of carbonyl (C=O) groups excluding carboxylic acids is 3. The number of benzene rings is 1. The summed E-state index contributed by atoms with van der Waals surface area (Å²) in [5, 5.41) is 4.93. The number of hydrogen-bond donors (Lipinski definition) is 2. The minimum atomic E-state index is -0.552. The summed E-state index contributed by atoms with van der Waals surface area (Å²) in [5.41, 5.74) is 1.69. The third-order valence-corrected chi connectivity index (χ3v) is 4.07. The largest absolute Gasteiger partial charge is 0.444 e. The number of amides is 3. The van der Waals surface area contributed by atoms with E-state index in [0.29, 0.717) is 18.4 Å². The Hall–Kier alpha value is -3.34. The lowest BCUT2D eigenvalue weighted by atomic mass is 10.1. The minimum absolute atomic E-state index is 0.164. The lowest BCUT2D eigenvalue weighted by Crippen LogP contribution is -2.41. The van der Waals surface area contributed by atoms with Gasteiger partial charge in [-0.2, -0.15) is 0 Å². The number of piperidine rings is 1. The van der Waals surface area contributed by atoms with Crippen molar-refractivity contribution in [3.63, 3.8) is 0 Å². The number of carbonyl (C=O) groups is 3. The molecule has 8 heteroatoms. The van der Waals surface area contributed by atoms with E-state index < -0.39 is 17.7 Å². The Kier molecular flexibility index (Phi) is 5.36. The summed E-state index contributed by atoms with van der Waals surface area (Å²) in [7, 11) is 0. The molecule has 1 unspecified atom stereocenters. The van der Waals surface area contributed by atoms with Crippen LogP contribution < -0.4 is 10.6 Å². The first-order valence-corrected chi connectivity index (χ1v) is 8.99. The Balaban J connectivity index is 1.67. The number of rotatable bonds is 2. The van der Waals surface area contributed by atoms with Gasteiger partial charge in [-0.1, -0.05) is 11.8 Å². The monoisotopic (exact) mass is 382 g/mol. The van der Waals surface area contributed by atoms with Crippen molar-refractivity contribution in [2.45, 2.75) is 45.3 Å². The maximum absolute atomic E-state index is 12.1. The smallest absolute Gasteiger partial charge is 0.408 e. The molecule has 0 aliphatic carbocycles. The summed E-state index contributed by atoms with van der Waals surface area (Å²) in [6.07, 6.45) is 1.85. The van der Waals surface area contributed by atoms with E-state index in [9.17, 15) is 14.4 Å². The van der Waals surface area contributed by atoms with Crippen LogP contribution >= 0.6 is 0 Å². The molecule has 28 heavy (non-hydrogen) atoms. The van der Waals surface area contributed by atoms with E-state index in [-0.39, 0.29) is 18.4 Å². The standard InChI is InChI=1S/C20H22N4O4/c1-20(2,3)28-19(27)21-10-4-5-13-6-7-15-14(11-13)22-12-24(15)16-8-9-17(25)23-18(16)26/h6-7,11-12,16H,8-10H2,1-3H3,(H,21,27)(H,23,25,26). The second-order valence-electron chi connectivity index (χ2n) is 7.48. The summed E-state index contributed by atoms with van der Waals surface area (Å²) in [5.74, 6) is 5.27. The summed E-state index contributed by atoms with van der Waals surface area (Å²) < 4.78 is 6.92. The van der Waals surface area contributed by atoms with Gasteiger partial charge in [-0.15, -0.1) is 0 Å². The van der Waals surface area contributed by atoms with E-state index in [1.54, 1.807) is 31.7 Å². The van der Waals surface area contributed by atoms with Crippen LogP contribution in [0.15, 0.2) is 24.5 Å². The highest BCUT2D eigenvalue weighted by molar-refractivity contribution is 6.00. The lowest BCUT2D eigenvalue weighted by Gasteiger charge is -2.22. The van der Waals surface area contributed by atoms with Gasteiger partial charge in [0.15, 0.2) is 0 Å². The van der Waals surface area contributed by atoms with Crippen molar-refractivity contribution in [1.29, 1.82) is 0 Å². The molecule has 0 spiro atoms. The Bertz CT molecular complexity index is 991. The van der Waals surface area contributed by atoms with Crippen molar-refractivity contribution < 1.29 is 19.1 Å². The number of alkyl carbamates (subject to hydrolysis) is 1. The Morgan fingerprint density at radius 3 is 2.89 bits per heavy atom. The van der Waals surface area contributed by atoms with Gasteiger partial charge in [0.05, 0.1) is 23.9 Å². The molecule has 1 fully saturated rings. The Morgan fingerprint density at radius 1 is 1.39 bits per heavy atom. The third kappa shape index (κ3) is 4.68. The minimum Gasteiger partial charge on any atom is -0.444 e. The fourth-order valence-corrected chi connectivity index (χ4v) is 2.88. The van der Waals surface area contributed by atoms with Gasteiger partial charge in [-0.05, 0) is 45.4 Å².